The molecule has 0 spiro atoms. The number of hydrogen-bond donors (Lipinski definition) is 3. The summed E-state index contributed by atoms with van der Waals surface area (Å²) >= 11 is 0. The average Bonchev–Trinajstić information content (AvgIpc) is 3.45. The summed E-state index contributed by atoms with van der Waals surface area (Å²) in [6.07, 6.45) is 3.68. The molecule has 7 heteroatoms. The second-order valence-corrected chi connectivity index (χ2v) is 10.1. The number of benzene rings is 3. The van der Waals surface area contributed by atoms with Crippen LogP contribution in [0, 0.1) is 11.3 Å². The lowest BCUT2D eigenvalue weighted by atomic mass is 9.98. The largest absolute Gasteiger partial charge is 0.394 e. The van der Waals surface area contributed by atoms with Crippen molar-refractivity contribution in [2.24, 2.45) is 0 Å². The molecular formula is C31H33N5O2. The third-order valence-corrected chi connectivity index (χ3v) is 6.71. The van der Waals surface area contributed by atoms with Crippen LogP contribution in [0.5, 0.6) is 0 Å². The molecule has 3 aromatic carbocycles. The van der Waals surface area contributed by atoms with E-state index in [1.165, 1.54) is 0 Å². The SMILES string of the molecule is C[C@@H](CN[C@@H](C(=O)Nc1ccc(-c2cnn(C(C)(C)CO)c2)cc1)c1ccccc1)c1ccc(C#N)cc1. The van der Waals surface area contributed by atoms with E-state index in [1.807, 2.05) is 98.9 Å². The highest BCUT2D eigenvalue weighted by atomic mass is 16.3. The Hall–Kier alpha value is -4.25. The van der Waals surface area contributed by atoms with Gasteiger partial charge < -0.3 is 15.7 Å². The number of nitriles is 1. The molecule has 0 aliphatic carbocycles. The van der Waals surface area contributed by atoms with E-state index < -0.39 is 11.6 Å². The van der Waals surface area contributed by atoms with Crippen LogP contribution >= 0.6 is 0 Å². The third-order valence-electron chi connectivity index (χ3n) is 6.71. The number of rotatable bonds is 10. The van der Waals surface area contributed by atoms with Crippen LogP contribution in [0.25, 0.3) is 11.1 Å². The molecule has 194 valence electrons. The quantitative estimate of drug-likeness (QED) is 0.273. The van der Waals surface area contributed by atoms with Gasteiger partial charge in [0.1, 0.15) is 6.04 Å². The standard InChI is InChI=1S/C31H33N5O2/c1-22(24-11-9-23(17-32)10-12-24)18-33-29(26-7-5-4-6-8-26)30(38)35-28-15-13-25(14-16-28)27-19-34-36(20-27)31(2,3)21-37/h4-16,19-20,22,29,33,37H,18,21H2,1-3H3,(H,35,38)/t22-,29+/m0/s1. The maximum atomic E-state index is 13.4. The first-order valence-corrected chi connectivity index (χ1v) is 12.7. The molecule has 2 atom stereocenters. The first-order valence-electron chi connectivity index (χ1n) is 12.7. The number of nitrogens with one attached hydrogen (secondary N) is 2. The number of aliphatic hydroxyl groups is 1. The molecule has 7 nitrogen and oxygen atoms in total. The first kappa shape index (κ1) is 26.8. The molecule has 0 radical (unpaired) electrons. The van der Waals surface area contributed by atoms with Crippen molar-refractivity contribution >= 4 is 11.6 Å². The summed E-state index contributed by atoms with van der Waals surface area (Å²) in [5.74, 6) is 0.00580. The van der Waals surface area contributed by atoms with Crippen LogP contribution in [0.3, 0.4) is 0 Å². The van der Waals surface area contributed by atoms with Gasteiger partial charge in [-0.1, -0.05) is 61.5 Å². The summed E-state index contributed by atoms with van der Waals surface area (Å²) in [4.78, 5) is 13.4. The Bertz CT molecular complexity index is 1390. The minimum absolute atomic E-state index is 0.0119. The maximum Gasteiger partial charge on any atom is 0.246 e. The van der Waals surface area contributed by atoms with E-state index in [0.717, 1.165) is 22.3 Å². The molecule has 0 fully saturated rings. The number of amides is 1. The molecule has 1 heterocycles. The number of carbonyl (C=O) groups is 1. The maximum absolute atomic E-state index is 13.4. The van der Waals surface area contributed by atoms with Crippen molar-refractivity contribution in [2.75, 3.05) is 18.5 Å². The lowest BCUT2D eigenvalue weighted by Crippen LogP contribution is -2.35. The molecule has 0 bridgehead atoms. The molecule has 38 heavy (non-hydrogen) atoms. The summed E-state index contributed by atoms with van der Waals surface area (Å²) in [6, 6.07) is 26.5. The van der Waals surface area contributed by atoms with Gasteiger partial charge >= 0.3 is 0 Å². The highest BCUT2D eigenvalue weighted by molar-refractivity contribution is 5.95. The van der Waals surface area contributed by atoms with Crippen LogP contribution in [0.4, 0.5) is 5.69 Å². The van der Waals surface area contributed by atoms with Gasteiger partial charge in [0.05, 0.1) is 30.0 Å². The molecule has 0 saturated carbocycles. The van der Waals surface area contributed by atoms with Crippen molar-refractivity contribution in [2.45, 2.75) is 38.3 Å². The number of aliphatic hydroxyl groups excluding tert-OH is 1. The fourth-order valence-electron chi connectivity index (χ4n) is 4.14. The molecule has 4 rings (SSSR count). The molecule has 0 saturated heterocycles. The summed E-state index contributed by atoms with van der Waals surface area (Å²) in [5, 5.41) is 29.5. The second-order valence-electron chi connectivity index (χ2n) is 10.1. The molecule has 1 amide bonds. The van der Waals surface area contributed by atoms with Gasteiger partial charge in [0.25, 0.3) is 0 Å². The van der Waals surface area contributed by atoms with E-state index in [-0.39, 0.29) is 18.4 Å². The Morgan fingerprint density at radius 1 is 1.00 bits per heavy atom. The molecule has 0 unspecified atom stereocenters. The van der Waals surface area contributed by atoms with Gasteiger partial charge in [0.15, 0.2) is 0 Å². The zero-order valence-electron chi connectivity index (χ0n) is 21.9. The highest BCUT2D eigenvalue weighted by Gasteiger charge is 2.22. The Kier molecular flexibility index (Phi) is 8.37. The second kappa shape index (κ2) is 11.9. The summed E-state index contributed by atoms with van der Waals surface area (Å²) in [5.41, 5.74) is 4.73. The fourth-order valence-corrected chi connectivity index (χ4v) is 4.14. The van der Waals surface area contributed by atoms with Crippen molar-refractivity contribution in [3.63, 3.8) is 0 Å². The van der Waals surface area contributed by atoms with Gasteiger partial charge in [0.2, 0.25) is 5.91 Å². The topological polar surface area (TPSA) is 103 Å². The van der Waals surface area contributed by atoms with Crippen LogP contribution in [-0.4, -0.2) is 33.9 Å². The van der Waals surface area contributed by atoms with Crippen LogP contribution < -0.4 is 10.6 Å². The van der Waals surface area contributed by atoms with E-state index in [0.29, 0.717) is 17.8 Å². The molecule has 0 aliphatic rings. The van der Waals surface area contributed by atoms with E-state index >= 15 is 0 Å². The zero-order valence-corrected chi connectivity index (χ0v) is 21.9. The van der Waals surface area contributed by atoms with Gasteiger partial charge in [-0.15, -0.1) is 0 Å². The van der Waals surface area contributed by atoms with E-state index in [1.54, 1.807) is 10.9 Å². The van der Waals surface area contributed by atoms with Crippen LogP contribution in [0.1, 0.15) is 49.4 Å². The normalized spacial score (nSPS) is 12.9. The van der Waals surface area contributed by atoms with Gasteiger partial charge in [-0.05, 0) is 60.7 Å². The first-order chi connectivity index (χ1) is 18.3. The molecular weight excluding hydrogens is 474 g/mol. The Morgan fingerprint density at radius 3 is 2.32 bits per heavy atom. The Balaban J connectivity index is 1.45. The van der Waals surface area contributed by atoms with E-state index in [2.05, 4.69) is 28.7 Å². The summed E-state index contributed by atoms with van der Waals surface area (Å²) < 4.78 is 1.76. The predicted octanol–water partition coefficient (Wildman–Crippen LogP) is 5.22. The number of anilines is 1. The molecule has 1 aromatic heterocycles. The van der Waals surface area contributed by atoms with E-state index in [4.69, 9.17) is 5.26 Å². The summed E-state index contributed by atoms with van der Waals surface area (Å²) in [6.45, 7) is 6.51. The highest BCUT2D eigenvalue weighted by Crippen LogP contribution is 2.25. The average molecular weight is 508 g/mol. The van der Waals surface area contributed by atoms with Crippen molar-refractivity contribution in [1.29, 1.82) is 5.26 Å². The van der Waals surface area contributed by atoms with Gasteiger partial charge in [-0.2, -0.15) is 10.4 Å². The van der Waals surface area contributed by atoms with Crippen molar-refractivity contribution in [1.82, 2.24) is 15.1 Å². The van der Waals surface area contributed by atoms with Crippen molar-refractivity contribution in [3.8, 4) is 17.2 Å². The molecule has 4 aromatic rings. The number of carbonyl (C=O) groups excluding carboxylic acids is 1. The fraction of sp³-hybridized carbons (Fsp3) is 0.258. The Morgan fingerprint density at radius 2 is 1.68 bits per heavy atom. The number of aromatic nitrogens is 2. The number of nitrogens with zero attached hydrogens (tertiary/aromatic N) is 3. The van der Waals surface area contributed by atoms with Gasteiger partial charge in [0, 0.05) is 24.0 Å². The van der Waals surface area contributed by atoms with Gasteiger partial charge in [-0.3, -0.25) is 9.48 Å². The van der Waals surface area contributed by atoms with Crippen molar-refractivity contribution in [3.05, 3.63) is 108 Å². The predicted molar refractivity (Wildman–Crippen MR) is 149 cm³/mol. The van der Waals surface area contributed by atoms with Crippen molar-refractivity contribution < 1.29 is 9.90 Å². The minimum atomic E-state index is -0.532. The zero-order chi connectivity index (χ0) is 27.1. The van der Waals surface area contributed by atoms with Crippen LogP contribution in [0.2, 0.25) is 0 Å². The van der Waals surface area contributed by atoms with E-state index in [9.17, 15) is 9.90 Å². The Labute approximate surface area is 223 Å². The summed E-state index contributed by atoms with van der Waals surface area (Å²) in [7, 11) is 0. The number of hydrogen-bond acceptors (Lipinski definition) is 5. The molecule has 0 aliphatic heterocycles. The van der Waals surface area contributed by atoms with Crippen LogP contribution in [-0.2, 0) is 10.3 Å². The van der Waals surface area contributed by atoms with Gasteiger partial charge in [-0.25, -0.2) is 0 Å². The minimum Gasteiger partial charge on any atom is -0.394 e. The monoisotopic (exact) mass is 507 g/mol. The molecule has 3 N–H and O–H groups in total. The lowest BCUT2D eigenvalue weighted by Gasteiger charge is -2.22. The van der Waals surface area contributed by atoms with Crippen LogP contribution in [0.15, 0.2) is 91.3 Å². The smallest absolute Gasteiger partial charge is 0.246 e. The lowest BCUT2D eigenvalue weighted by molar-refractivity contribution is -0.118. The third kappa shape index (κ3) is 6.35.